The highest BCUT2D eigenvalue weighted by atomic mass is 14.9. The van der Waals surface area contributed by atoms with Crippen molar-refractivity contribution in [3.05, 3.63) is 30.4 Å². The fraction of sp³-hybridized carbons (Fsp3) is 0.400. The van der Waals surface area contributed by atoms with E-state index in [0.717, 1.165) is 11.5 Å². The summed E-state index contributed by atoms with van der Waals surface area (Å²) in [5.74, 6) is 0.736. The van der Waals surface area contributed by atoms with Crippen LogP contribution in [-0.4, -0.2) is 23.1 Å². The molecule has 0 aliphatic carbocycles. The molecule has 2 rings (SSSR count). The summed E-state index contributed by atoms with van der Waals surface area (Å²) in [6.45, 7) is 2.49. The minimum Gasteiger partial charge on any atom is -0.346 e. The monoisotopic (exact) mass is 176 g/mol. The summed E-state index contributed by atoms with van der Waals surface area (Å²) in [6, 6.07) is 0. The molecule has 0 amide bonds. The molecule has 0 saturated carbocycles. The van der Waals surface area contributed by atoms with E-state index in [1.165, 1.54) is 19.5 Å². The van der Waals surface area contributed by atoms with Crippen molar-refractivity contribution < 1.29 is 5.32 Å². The maximum absolute atomic E-state index is 3.96. The third kappa shape index (κ3) is 2.36. The second kappa shape index (κ2) is 4.14. The molecule has 1 aliphatic heterocycles. The van der Waals surface area contributed by atoms with Crippen molar-refractivity contribution in [2.75, 3.05) is 13.1 Å². The summed E-state index contributed by atoms with van der Waals surface area (Å²) in [7, 11) is 0. The van der Waals surface area contributed by atoms with Gasteiger partial charge in [-0.3, -0.25) is 0 Å². The molecule has 1 aromatic heterocycles. The van der Waals surface area contributed by atoms with E-state index >= 15 is 0 Å². The second-order valence-corrected chi connectivity index (χ2v) is 3.39. The first-order valence-corrected chi connectivity index (χ1v) is 4.70. The first-order valence-electron chi connectivity index (χ1n) is 4.70. The molecule has 2 heterocycles. The zero-order chi connectivity index (χ0) is 8.93. The van der Waals surface area contributed by atoms with Gasteiger partial charge >= 0.3 is 0 Å². The molecule has 1 aromatic rings. The third-order valence-corrected chi connectivity index (χ3v) is 2.35. The Balaban J connectivity index is 1.97. The van der Waals surface area contributed by atoms with Crippen LogP contribution in [0.15, 0.2) is 24.8 Å². The predicted octanol–water partition coefficient (Wildman–Crippen LogP) is 0.0731. The average Bonchev–Trinajstić information content (AvgIpc) is 2.69. The van der Waals surface area contributed by atoms with Crippen molar-refractivity contribution in [3.63, 3.8) is 0 Å². The standard InChI is InChI=1S/C10H13N3/c1(9-3-4-11-5-9)2-10-6-12-8-13-7-10/h1-2,6-9,11H,3-5H2/p+1. The Kier molecular flexibility index (Phi) is 2.67. The van der Waals surface area contributed by atoms with Crippen LogP contribution in [0, 0.1) is 5.92 Å². The molecular weight excluding hydrogens is 162 g/mol. The van der Waals surface area contributed by atoms with Crippen molar-refractivity contribution in [2.24, 2.45) is 5.92 Å². The van der Waals surface area contributed by atoms with E-state index in [1.54, 1.807) is 6.33 Å². The van der Waals surface area contributed by atoms with Crippen LogP contribution in [0.3, 0.4) is 0 Å². The van der Waals surface area contributed by atoms with Crippen LogP contribution in [0.1, 0.15) is 12.0 Å². The molecule has 2 N–H and O–H groups in total. The van der Waals surface area contributed by atoms with Gasteiger partial charge in [-0.25, -0.2) is 9.97 Å². The first-order chi connectivity index (χ1) is 6.45. The quantitative estimate of drug-likeness (QED) is 0.693. The van der Waals surface area contributed by atoms with Gasteiger partial charge in [0.25, 0.3) is 0 Å². The zero-order valence-electron chi connectivity index (χ0n) is 7.56. The van der Waals surface area contributed by atoms with Crippen molar-refractivity contribution in [3.8, 4) is 0 Å². The van der Waals surface area contributed by atoms with Crippen LogP contribution in [-0.2, 0) is 0 Å². The molecular formula is C10H14N3+. The summed E-state index contributed by atoms with van der Waals surface area (Å²) in [5, 5.41) is 2.36. The lowest BCUT2D eigenvalue weighted by Gasteiger charge is -1.95. The highest BCUT2D eigenvalue weighted by Gasteiger charge is 2.13. The van der Waals surface area contributed by atoms with E-state index in [2.05, 4.69) is 27.4 Å². The van der Waals surface area contributed by atoms with Gasteiger partial charge in [0.1, 0.15) is 6.33 Å². The minimum atomic E-state index is 0.736. The predicted molar refractivity (Wildman–Crippen MR) is 50.8 cm³/mol. The molecule has 1 saturated heterocycles. The van der Waals surface area contributed by atoms with Crippen molar-refractivity contribution in [2.45, 2.75) is 6.42 Å². The molecule has 1 aliphatic rings. The van der Waals surface area contributed by atoms with E-state index in [1.807, 2.05) is 12.4 Å². The van der Waals surface area contributed by atoms with Crippen LogP contribution < -0.4 is 5.32 Å². The maximum atomic E-state index is 3.96. The van der Waals surface area contributed by atoms with Crippen LogP contribution in [0.25, 0.3) is 6.08 Å². The van der Waals surface area contributed by atoms with Gasteiger partial charge in [0, 0.05) is 30.3 Å². The summed E-state index contributed by atoms with van der Waals surface area (Å²) >= 11 is 0. The van der Waals surface area contributed by atoms with E-state index in [-0.39, 0.29) is 0 Å². The number of hydrogen-bond acceptors (Lipinski definition) is 2. The van der Waals surface area contributed by atoms with Gasteiger partial charge in [-0.05, 0) is 0 Å². The molecule has 0 spiro atoms. The topological polar surface area (TPSA) is 42.4 Å². The number of nitrogens with zero attached hydrogens (tertiary/aromatic N) is 2. The number of hydrogen-bond donors (Lipinski definition) is 1. The third-order valence-electron chi connectivity index (χ3n) is 2.35. The normalized spacial score (nSPS) is 22.6. The first kappa shape index (κ1) is 8.38. The fourth-order valence-electron chi connectivity index (χ4n) is 1.60. The van der Waals surface area contributed by atoms with Gasteiger partial charge in [-0.2, -0.15) is 0 Å². The van der Waals surface area contributed by atoms with Gasteiger partial charge in [-0.15, -0.1) is 0 Å². The number of rotatable bonds is 2. The highest BCUT2D eigenvalue weighted by Crippen LogP contribution is 2.07. The number of aromatic nitrogens is 2. The molecule has 1 fully saturated rings. The molecule has 3 nitrogen and oxygen atoms in total. The van der Waals surface area contributed by atoms with Gasteiger partial charge in [0.15, 0.2) is 0 Å². The van der Waals surface area contributed by atoms with Crippen LogP contribution in [0.2, 0.25) is 0 Å². The lowest BCUT2D eigenvalue weighted by Crippen LogP contribution is -2.81. The molecule has 68 valence electrons. The molecule has 3 heteroatoms. The SMILES string of the molecule is C(=CC1CC[NH2+]C1)c1cncnc1. The van der Waals surface area contributed by atoms with Crippen LogP contribution in [0.4, 0.5) is 0 Å². The Hall–Kier alpha value is -1.22. The van der Waals surface area contributed by atoms with Gasteiger partial charge in [0.2, 0.25) is 0 Å². The van der Waals surface area contributed by atoms with Crippen LogP contribution >= 0.6 is 0 Å². The van der Waals surface area contributed by atoms with Crippen molar-refractivity contribution in [1.82, 2.24) is 9.97 Å². The average molecular weight is 176 g/mol. The summed E-state index contributed by atoms with van der Waals surface area (Å²) < 4.78 is 0. The molecule has 1 unspecified atom stereocenters. The Labute approximate surface area is 77.9 Å². The lowest BCUT2D eigenvalue weighted by molar-refractivity contribution is -0.637. The number of nitrogens with two attached hydrogens (primary N) is 1. The molecule has 0 aromatic carbocycles. The summed E-state index contributed by atoms with van der Waals surface area (Å²) in [4.78, 5) is 7.92. The summed E-state index contributed by atoms with van der Waals surface area (Å²) in [5.41, 5.74) is 1.09. The van der Waals surface area contributed by atoms with Crippen molar-refractivity contribution >= 4 is 6.08 Å². The second-order valence-electron chi connectivity index (χ2n) is 3.39. The van der Waals surface area contributed by atoms with E-state index < -0.39 is 0 Å². The zero-order valence-corrected chi connectivity index (χ0v) is 7.56. The maximum Gasteiger partial charge on any atom is 0.115 e. The Morgan fingerprint density at radius 2 is 2.23 bits per heavy atom. The Bertz CT molecular complexity index is 275. The van der Waals surface area contributed by atoms with Gasteiger partial charge < -0.3 is 5.32 Å². The van der Waals surface area contributed by atoms with E-state index in [4.69, 9.17) is 0 Å². The Morgan fingerprint density at radius 1 is 1.38 bits per heavy atom. The number of quaternary nitrogens is 1. The molecule has 1 atom stereocenters. The minimum absolute atomic E-state index is 0.736. The largest absolute Gasteiger partial charge is 0.346 e. The fourth-order valence-corrected chi connectivity index (χ4v) is 1.60. The molecule has 0 radical (unpaired) electrons. The lowest BCUT2D eigenvalue weighted by atomic mass is 10.1. The highest BCUT2D eigenvalue weighted by molar-refractivity contribution is 5.46. The molecule has 0 bridgehead atoms. The molecule has 13 heavy (non-hydrogen) atoms. The van der Waals surface area contributed by atoms with E-state index in [0.29, 0.717) is 0 Å². The summed E-state index contributed by atoms with van der Waals surface area (Å²) in [6.07, 6.45) is 10.9. The Morgan fingerprint density at radius 3 is 2.92 bits per heavy atom. The van der Waals surface area contributed by atoms with Crippen molar-refractivity contribution in [1.29, 1.82) is 0 Å². The smallest absolute Gasteiger partial charge is 0.115 e. The van der Waals surface area contributed by atoms with Gasteiger partial charge in [-0.1, -0.05) is 12.2 Å². The van der Waals surface area contributed by atoms with E-state index in [9.17, 15) is 0 Å². The van der Waals surface area contributed by atoms with Crippen LogP contribution in [0.5, 0.6) is 0 Å². The van der Waals surface area contributed by atoms with Gasteiger partial charge in [0.05, 0.1) is 13.1 Å².